The summed E-state index contributed by atoms with van der Waals surface area (Å²) in [5.41, 5.74) is 1.75. The van der Waals surface area contributed by atoms with Gasteiger partial charge in [0, 0.05) is 29.6 Å². The lowest BCUT2D eigenvalue weighted by molar-refractivity contribution is 0.00969. The van der Waals surface area contributed by atoms with Crippen molar-refractivity contribution in [2.45, 2.75) is 25.9 Å². The van der Waals surface area contributed by atoms with Gasteiger partial charge in [-0.3, -0.25) is 9.69 Å². The summed E-state index contributed by atoms with van der Waals surface area (Å²) in [6, 6.07) is 12.1. The molecule has 1 aliphatic rings. The third kappa shape index (κ3) is 3.86. The summed E-state index contributed by atoms with van der Waals surface area (Å²) in [5.74, 6) is -0.00424. The molecule has 2 atom stereocenters. The fourth-order valence-electron chi connectivity index (χ4n) is 3.25. The van der Waals surface area contributed by atoms with Crippen LogP contribution in [-0.4, -0.2) is 43.2 Å². The predicted octanol–water partition coefficient (Wildman–Crippen LogP) is 3.25. The molecule has 1 amide bonds. The maximum Gasteiger partial charge on any atom is 0.251 e. The molecule has 1 aromatic heterocycles. The molecule has 0 bridgehead atoms. The number of carbonyl (C=O) groups excluding carboxylic acids is 1. The Morgan fingerprint density at radius 2 is 1.96 bits per heavy atom. The van der Waals surface area contributed by atoms with Crippen molar-refractivity contribution in [2.75, 3.05) is 26.3 Å². The second-order valence-electron chi connectivity index (χ2n) is 6.19. The first-order valence-electron chi connectivity index (χ1n) is 8.38. The average Bonchev–Trinajstić information content (AvgIpc) is 3.10. The summed E-state index contributed by atoms with van der Waals surface area (Å²) in [6.07, 6.45) is 0. The highest BCUT2D eigenvalue weighted by molar-refractivity contribution is 7.10. The molecule has 2 heterocycles. The van der Waals surface area contributed by atoms with E-state index in [4.69, 9.17) is 4.74 Å². The average molecular weight is 344 g/mol. The van der Waals surface area contributed by atoms with E-state index in [0.29, 0.717) is 0 Å². The van der Waals surface area contributed by atoms with Crippen LogP contribution in [-0.2, 0) is 4.74 Å². The summed E-state index contributed by atoms with van der Waals surface area (Å²) >= 11 is 1.75. The number of hydrogen-bond acceptors (Lipinski definition) is 4. The second-order valence-corrected chi connectivity index (χ2v) is 7.16. The third-order valence-electron chi connectivity index (χ3n) is 4.50. The Labute approximate surface area is 147 Å². The maximum atomic E-state index is 12.7. The molecule has 1 aromatic carbocycles. The van der Waals surface area contributed by atoms with Gasteiger partial charge in [0.15, 0.2) is 0 Å². The van der Waals surface area contributed by atoms with Crippen molar-refractivity contribution < 1.29 is 9.53 Å². The minimum Gasteiger partial charge on any atom is -0.379 e. The summed E-state index contributed by atoms with van der Waals surface area (Å²) in [4.78, 5) is 16.4. The van der Waals surface area contributed by atoms with Gasteiger partial charge in [-0.2, -0.15) is 0 Å². The first-order chi connectivity index (χ1) is 11.7. The Bertz CT molecular complexity index is 666. The molecule has 3 rings (SSSR count). The van der Waals surface area contributed by atoms with Gasteiger partial charge in [-0.15, -0.1) is 11.3 Å². The first kappa shape index (κ1) is 17.1. The van der Waals surface area contributed by atoms with E-state index < -0.39 is 0 Å². The van der Waals surface area contributed by atoms with Gasteiger partial charge in [0.2, 0.25) is 0 Å². The SMILES string of the molecule is Cc1ccccc1C(=O)N[C@@H](C)[C@@H](c1cccs1)N1CCOCC1. The second kappa shape index (κ2) is 7.92. The van der Waals surface area contributed by atoms with Crippen LogP contribution in [0.3, 0.4) is 0 Å². The Kier molecular flexibility index (Phi) is 5.66. The van der Waals surface area contributed by atoms with Crippen molar-refractivity contribution in [2.24, 2.45) is 0 Å². The molecular weight excluding hydrogens is 320 g/mol. The normalized spacial score (nSPS) is 18.1. The Morgan fingerprint density at radius 1 is 1.21 bits per heavy atom. The Morgan fingerprint density at radius 3 is 2.62 bits per heavy atom. The van der Waals surface area contributed by atoms with E-state index in [1.807, 2.05) is 31.2 Å². The molecule has 5 heteroatoms. The van der Waals surface area contributed by atoms with Crippen LogP contribution in [0.2, 0.25) is 0 Å². The van der Waals surface area contributed by atoms with Crippen molar-refractivity contribution in [3.8, 4) is 0 Å². The van der Waals surface area contributed by atoms with E-state index in [9.17, 15) is 4.79 Å². The molecule has 1 N–H and O–H groups in total. The van der Waals surface area contributed by atoms with Gasteiger partial charge >= 0.3 is 0 Å². The molecule has 1 saturated heterocycles. The van der Waals surface area contributed by atoms with Crippen LogP contribution >= 0.6 is 11.3 Å². The number of thiophene rings is 1. The number of nitrogens with zero attached hydrogens (tertiary/aromatic N) is 1. The standard InChI is InChI=1S/C19H24N2O2S/c1-14-6-3-4-7-16(14)19(22)20-15(2)18(17-8-5-13-24-17)21-9-11-23-12-10-21/h3-8,13,15,18H,9-12H2,1-2H3,(H,20,22)/t15-,18-/m0/s1. The molecule has 0 unspecified atom stereocenters. The Balaban J connectivity index is 1.77. The fourth-order valence-corrected chi connectivity index (χ4v) is 4.21. The van der Waals surface area contributed by atoms with Crippen molar-refractivity contribution in [3.63, 3.8) is 0 Å². The number of morpholine rings is 1. The molecule has 0 saturated carbocycles. The van der Waals surface area contributed by atoms with E-state index in [2.05, 4.69) is 34.7 Å². The lowest BCUT2D eigenvalue weighted by atomic mass is 10.0. The number of aryl methyl sites for hydroxylation is 1. The number of benzene rings is 1. The van der Waals surface area contributed by atoms with Gasteiger partial charge in [-0.25, -0.2) is 0 Å². The van der Waals surface area contributed by atoms with Crippen molar-refractivity contribution in [1.29, 1.82) is 0 Å². The monoisotopic (exact) mass is 344 g/mol. The molecule has 24 heavy (non-hydrogen) atoms. The molecule has 0 aliphatic carbocycles. The fraction of sp³-hybridized carbons (Fsp3) is 0.421. The van der Waals surface area contributed by atoms with Crippen LogP contribution in [0.15, 0.2) is 41.8 Å². The smallest absolute Gasteiger partial charge is 0.251 e. The van der Waals surface area contributed by atoms with E-state index in [1.165, 1.54) is 4.88 Å². The largest absolute Gasteiger partial charge is 0.379 e. The molecule has 1 aliphatic heterocycles. The number of nitrogens with one attached hydrogen (secondary N) is 1. The van der Waals surface area contributed by atoms with Crippen LogP contribution < -0.4 is 5.32 Å². The predicted molar refractivity (Wildman–Crippen MR) is 97.6 cm³/mol. The van der Waals surface area contributed by atoms with Crippen LogP contribution in [0.4, 0.5) is 0 Å². The van der Waals surface area contributed by atoms with Crippen LogP contribution in [0.5, 0.6) is 0 Å². The van der Waals surface area contributed by atoms with Crippen LogP contribution in [0.25, 0.3) is 0 Å². The maximum absolute atomic E-state index is 12.7. The topological polar surface area (TPSA) is 41.6 Å². The first-order valence-corrected chi connectivity index (χ1v) is 9.26. The minimum atomic E-state index is -0.00424. The molecule has 128 valence electrons. The van der Waals surface area contributed by atoms with Gasteiger partial charge in [0.1, 0.15) is 0 Å². The van der Waals surface area contributed by atoms with E-state index in [0.717, 1.165) is 37.4 Å². The number of ether oxygens (including phenoxy) is 1. The van der Waals surface area contributed by atoms with Crippen molar-refractivity contribution in [1.82, 2.24) is 10.2 Å². The highest BCUT2D eigenvalue weighted by atomic mass is 32.1. The highest BCUT2D eigenvalue weighted by Crippen LogP contribution is 2.29. The molecule has 4 nitrogen and oxygen atoms in total. The van der Waals surface area contributed by atoms with Gasteiger partial charge in [-0.1, -0.05) is 24.3 Å². The summed E-state index contributed by atoms with van der Waals surface area (Å²) in [7, 11) is 0. The number of rotatable bonds is 5. The summed E-state index contributed by atoms with van der Waals surface area (Å²) < 4.78 is 5.49. The van der Waals surface area contributed by atoms with Gasteiger partial charge < -0.3 is 10.1 Å². The highest BCUT2D eigenvalue weighted by Gasteiger charge is 2.29. The number of carbonyl (C=O) groups is 1. The lowest BCUT2D eigenvalue weighted by Crippen LogP contribution is -2.48. The van der Waals surface area contributed by atoms with Crippen LogP contribution in [0, 0.1) is 6.92 Å². The van der Waals surface area contributed by atoms with Gasteiger partial charge in [-0.05, 0) is 36.9 Å². The zero-order valence-corrected chi connectivity index (χ0v) is 15.0. The molecular formula is C19H24N2O2S. The zero-order chi connectivity index (χ0) is 16.9. The summed E-state index contributed by atoms with van der Waals surface area (Å²) in [6.45, 7) is 7.36. The molecule has 0 radical (unpaired) electrons. The van der Waals surface area contributed by atoms with Gasteiger partial charge in [0.05, 0.1) is 19.3 Å². The zero-order valence-electron chi connectivity index (χ0n) is 14.2. The quantitative estimate of drug-likeness (QED) is 0.905. The minimum absolute atomic E-state index is 0.00424. The van der Waals surface area contributed by atoms with Crippen LogP contribution in [0.1, 0.15) is 33.8 Å². The van der Waals surface area contributed by atoms with E-state index in [1.54, 1.807) is 11.3 Å². The van der Waals surface area contributed by atoms with Crippen molar-refractivity contribution in [3.05, 3.63) is 57.8 Å². The molecule has 1 fully saturated rings. The molecule has 2 aromatic rings. The number of amides is 1. The lowest BCUT2D eigenvalue weighted by Gasteiger charge is -2.37. The van der Waals surface area contributed by atoms with E-state index in [-0.39, 0.29) is 18.0 Å². The Hall–Kier alpha value is -1.69. The number of hydrogen-bond donors (Lipinski definition) is 1. The van der Waals surface area contributed by atoms with Gasteiger partial charge in [0.25, 0.3) is 5.91 Å². The van der Waals surface area contributed by atoms with E-state index >= 15 is 0 Å². The molecule has 0 spiro atoms. The summed E-state index contributed by atoms with van der Waals surface area (Å²) in [5, 5.41) is 5.30. The third-order valence-corrected chi connectivity index (χ3v) is 5.44. The van der Waals surface area contributed by atoms with Crippen molar-refractivity contribution >= 4 is 17.2 Å².